The molecule has 0 spiro atoms. The quantitative estimate of drug-likeness (QED) is 0.481. The van der Waals surface area contributed by atoms with Crippen LogP contribution < -0.4 is 4.90 Å². The Bertz CT molecular complexity index is 1030. The summed E-state index contributed by atoms with van der Waals surface area (Å²) >= 11 is 0. The van der Waals surface area contributed by atoms with Crippen molar-refractivity contribution in [1.29, 1.82) is 0 Å². The first-order valence-electron chi connectivity index (χ1n) is 7.52. The Hall–Kier alpha value is -3.37. The lowest BCUT2D eigenvalue weighted by Gasteiger charge is -2.18. The number of hydrogen-bond acceptors (Lipinski definition) is 4. The Labute approximate surface area is 153 Å². The van der Waals surface area contributed by atoms with Gasteiger partial charge in [0.2, 0.25) is 5.82 Å². The predicted molar refractivity (Wildman–Crippen MR) is 83.8 cm³/mol. The fourth-order valence-corrected chi connectivity index (χ4v) is 2.30. The molecule has 3 rings (SSSR count). The predicted octanol–water partition coefficient (Wildman–Crippen LogP) is 4.45. The van der Waals surface area contributed by atoms with Crippen LogP contribution >= 0.6 is 0 Å². The van der Waals surface area contributed by atoms with Gasteiger partial charge in [0, 0.05) is 18.2 Å². The van der Waals surface area contributed by atoms with Crippen LogP contribution in [0.3, 0.4) is 0 Å². The molecule has 0 aliphatic rings. The number of benzene rings is 2. The van der Waals surface area contributed by atoms with Crippen molar-refractivity contribution in [1.82, 2.24) is 10.1 Å². The largest absolute Gasteiger partial charge is 0.471 e. The molecule has 0 unspecified atom stereocenters. The second kappa shape index (κ2) is 6.98. The van der Waals surface area contributed by atoms with Crippen molar-refractivity contribution < 1.29 is 35.7 Å². The Morgan fingerprint density at radius 3 is 2.21 bits per heavy atom. The van der Waals surface area contributed by atoms with Gasteiger partial charge in [-0.2, -0.15) is 18.2 Å². The van der Waals surface area contributed by atoms with Crippen LogP contribution in [0.5, 0.6) is 0 Å². The Kier molecular flexibility index (Phi) is 4.84. The zero-order valence-corrected chi connectivity index (χ0v) is 13.9. The lowest BCUT2D eigenvalue weighted by Crippen LogP contribution is -2.27. The van der Waals surface area contributed by atoms with Gasteiger partial charge in [-0.25, -0.2) is 13.2 Å². The molecule has 28 heavy (non-hydrogen) atoms. The zero-order chi connectivity index (χ0) is 20.6. The Morgan fingerprint density at radius 2 is 1.64 bits per heavy atom. The molecule has 0 radical (unpaired) electrons. The minimum Gasteiger partial charge on any atom is -0.329 e. The molecule has 1 heterocycles. The minimum absolute atomic E-state index is 0.00919. The van der Waals surface area contributed by atoms with E-state index in [0.29, 0.717) is 6.07 Å². The fraction of sp³-hybridized carbons (Fsp3) is 0.118. The Morgan fingerprint density at radius 1 is 1.00 bits per heavy atom. The highest BCUT2D eigenvalue weighted by atomic mass is 19.4. The van der Waals surface area contributed by atoms with Crippen molar-refractivity contribution in [2.75, 3.05) is 11.9 Å². The summed E-state index contributed by atoms with van der Waals surface area (Å²) in [5, 5.41) is 3.21. The summed E-state index contributed by atoms with van der Waals surface area (Å²) in [6.45, 7) is 0. The van der Waals surface area contributed by atoms with Crippen molar-refractivity contribution in [2.24, 2.45) is 0 Å². The van der Waals surface area contributed by atoms with E-state index < -0.39 is 41.1 Å². The van der Waals surface area contributed by atoms with Crippen LogP contribution in [-0.2, 0) is 6.18 Å². The van der Waals surface area contributed by atoms with E-state index in [0.717, 1.165) is 18.0 Å². The first-order valence-corrected chi connectivity index (χ1v) is 7.52. The highest BCUT2D eigenvalue weighted by Gasteiger charge is 2.38. The van der Waals surface area contributed by atoms with Gasteiger partial charge < -0.3 is 9.42 Å². The van der Waals surface area contributed by atoms with E-state index in [4.69, 9.17) is 0 Å². The van der Waals surface area contributed by atoms with Crippen molar-refractivity contribution in [3.63, 3.8) is 0 Å². The number of alkyl halides is 3. The van der Waals surface area contributed by atoms with E-state index in [1.807, 2.05) is 0 Å². The molecule has 2 aromatic carbocycles. The van der Waals surface area contributed by atoms with Crippen molar-refractivity contribution >= 4 is 11.6 Å². The van der Waals surface area contributed by atoms with Gasteiger partial charge in [-0.3, -0.25) is 4.79 Å². The summed E-state index contributed by atoms with van der Waals surface area (Å²) < 4.78 is 81.8. The van der Waals surface area contributed by atoms with E-state index in [9.17, 15) is 31.1 Å². The van der Waals surface area contributed by atoms with Crippen LogP contribution in [0.25, 0.3) is 11.4 Å². The topological polar surface area (TPSA) is 59.2 Å². The second-order valence-corrected chi connectivity index (χ2v) is 5.56. The molecule has 0 atom stereocenters. The molecule has 0 saturated carbocycles. The summed E-state index contributed by atoms with van der Waals surface area (Å²) in [7, 11) is 1.15. The number of carbonyl (C=O) groups is 1. The number of carbonyl (C=O) groups excluding carboxylic acids is 1. The average Bonchev–Trinajstić information content (AvgIpc) is 3.16. The highest BCUT2D eigenvalue weighted by molar-refractivity contribution is 6.06. The summed E-state index contributed by atoms with van der Waals surface area (Å²) in [6, 6.07) is 6.56. The third-order valence-corrected chi connectivity index (χ3v) is 3.74. The van der Waals surface area contributed by atoms with Crippen LogP contribution in [0, 0.1) is 17.5 Å². The molecule has 0 aliphatic heterocycles. The highest BCUT2D eigenvalue weighted by Crippen LogP contribution is 2.29. The van der Waals surface area contributed by atoms with Gasteiger partial charge in [0.25, 0.3) is 5.91 Å². The normalized spacial score (nSPS) is 11.5. The Balaban J connectivity index is 1.84. The molecular formula is C17H9F6N3O2. The standard InChI is InChI=1S/C17H9F6N3O2/c1-26(11-7-6-10(18)12(19)13(11)20)15(27)9-4-2-8(3-5-9)14-24-16(28-25-14)17(21,22)23/h2-7H,1H3. The molecule has 0 saturated heterocycles. The summed E-state index contributed by atoms with van der Waals surface area (Å²) in [6.07, 6.45) is -4.79. The molecule has 5 nitrogen and oxygen atoms in total. The fourth-order valence-electron chi connectivity index (χ4n) is 2.30. The summed E-state index contributed by atoms with van der Waals surface area (Å²) in [4.78, 5) is 16.4. The van der Waals surface area contributed by atoms with Crippen LogP contribution in [0.15, 0.2) is 40.9 Å². The average molecular weight is 401 g/mol. The molecule has 1 amide bonds. The maximum absolute atomic E-state index is 13.8. The second-order valence-electron chi connectivity index (χ2n) is 5.56. The molecular weight excluding hydrogens is 392 g/mol. The van der Waals surface area contributed by atoms with E-state index in [1.165, 1.54) is 24.3 Å². The SMILES string of the molecule is CN(C(=O)c1ccc(-c2noc(C(F)(F)F)n2)cc1)c1ccc(F)c(F)c1F. The molecule has 0 N–H and O–H groups in total. The molecule has 0 fully saturated rings. The first kappa shape index (κ1) is 19.4. The molecule has 11 heteroatoms. The monoisotopic (exact) mass is 401 g/mol. The maximum atomic E-state index is 13.8. The summed E-state index contributed by atoms with van der Waals surface area (Å²) in [5.41, 5.74) is -0.339. The number of nitrogens with zero attached hydrogens (tertiary/aromatic N) is 3. The number of amides is 1. The minimum atomic E-state index is -4.79. The third-order valence-electron chi connectivity index (χ3n) is 3.74. The lowest BCUT2D eigenvalue weighted by molar-refractivity contribution is -0.159. The van der Waals surface area contributed by atoms with Crippen molar-refractivity contribution in [3.05, 3.63) is 65.3 Å². The van der Waals surface area contributed by atoms with E-state index in [-0.39, 0.29) is 17.0 Å². The van der Waals surface area contributed by atoms with Crippen LogP contribution in [-0.4, -0.2) is 23.1 Å². The number of anilines is 1. The lowest BCUT2D eigenvalue weighted by atomic mass is 10.1. The van der Waals surface area contributed by atoms with Gasteiger partial charge in [0.15, 0.2) is 17.5 Å². The number of halogens is 6. The van der Waals surface area contributed by atoms with Crippen molar-refractivity contribution in [3.8, 4) is 11.4 Å². The molecule has 0 bridgehead atoms. The number of aromatic nitrogens is 2. The molecule has 3 aromatic rings. The zero-order valence-electron chi connectivity index (χ0n) is 13.9. The van der Waals surface area contributed by atoms with Gasteiger partial charge in [0.1, 0.15) is 0 Å². The van der Waals surface area contributed by atoms with E-state index in [1.54, 1.807) is 0 Å². The van der Waals surface area contributed by atoms with Gasteiger partial charge in [-0.1, -0.05) is 17.3 Å². The van der Waals surface area contributed by atoms with E-state index >= 15 is 0 Å². The van der Waals surface area contributed by atoms with Crippen LogP contribution in [0.2, 0.25) is 0 Å². The van der Waals surface area contributed by atoms with Gasteiger partial charge in [-0.15, -0.1) is 0 Å². The van der Waals surface area contributed by atoms with Crippen LogP contribution in [0.1, 0.15) is 16.2 Å². The van der Waals surface area contributed by atoms with Gasteiger partial charge in [0.05, 0.1) is 5.69 Å². The van der Waals surface area contributed by atoms with Gasteiger partial charge >= 0.3 is 12.1 Å². The van der Waals surface area contributed by atoms with Crippen LogP contribution in [0.4, 0.5) is 32.0 Å². The molecule has 146 valence electrons. The number of hydrogen-bond donors (Lipinski definition) is 0. The molecule has 1 aromatic heterocycles. The smallest absolute Gasteiger partial charge is 0.329 e. The van der Waals surface area contributed by atoms with E-state index in [2.05, 4.69) is 14.7 Å². The maximum Gasteiger partial charge on any atom is 0.471 e. The molecule has 0 aliphatic carbocycles. The first-order chi connectivity index (χ1) is 13.1. The number of rotatable bonds is 3. The third kappa shape index (κ3) is 3.55. The van der Waals surface area contributed by atoms with Gasteiger partial charge in [-0.05, 0) is 24.3 Å². The van der Waals surface area contributed by atoms with Crippen molar-refractivity contribution in [2.45, 2.75) is 6.18 Å². The summed E-state index contributed by atoms with van der Waals surface area (Å²) in [5.74, 6) is -7.27.